The first-order valence-corrected chi connectivity index (χ1v) is 9.02. The number of rotatable bonds is 5. The van der Waals surface area contributed by atoms with Crippen LogP contribution < -0.4 is 10.1 Å². The Balaban J connectivity index is 2.15. The summed E-state index contributed by atoms with van der Waals surface area (Å²) in [5.41, 5.74) is 0.990. The fourth-order valence-corrected chi connectivity index (χ4v) is 3.78. The standard InChI is InChI=1S/C14H18ClNO4S/c1-8-6-12(7-9(2)13(8)21(15,18)19)20-10(3)14(17)16-11-4-5-11/h6-7,10-11H,4-5H2,1-3H3,(H,16,17). The lowest BCUT2D eigenvalue weighted by Crippen LogP contribution is -2.37. The zero-order chi connectivity index (χ0) is 15.8. The van der Waals surface area contributed by atoms with E-state index >= 15 is 0 Å². The Morgan fingerprint density at radius 1 is 1.33 bits per heavy atom. The molecule has 21 heavy (non-hydrogen) atoms. The lowest BCUT2D eigenvalue weighted by Gasteiger charge is -2.16. The molecule has 2 rings (SSSR count). The number of benzene rings is 1. The van der Waals surface area contributed by atoms with Crippen molar-refractivity contribution < 1.29 is 17.9 Å². The van der Waals surface area contributed by atoms with Crippen LogP contribution >= 0.6 is 10.7 Å². The van der Waals surface area contributed by atoms with Crippen LogP contribution in [0.1, 0.15) is 30.9 Å². The van der Waals surface area contributed by atoms with Crippen molar-refractivity contribution >= 4 is 25.6 Å². The fraction of sp³-hybridized carbons (Fsp3) is 0.500. The molecule has 1 fully saturated rings. The van der Waals surface area contributed by atoms with Gasteiger partial charge < -0.3 is 10.1 Å². The topological polar surface area (TPSA) is 72.5 Å². The number of halogens is 1. The summed E-state index contributed by atoms with van der Waals surface area (Å²) in [6.07, 6.45) is 1.39. The molecular formula is C14H18ClNO4S. The van der Waals surface area contributed by atoms with Crippen molar-refractivity contribution in [2.24, 2.45) is 0 Å². The number of carbonyl (C=O) groups excluding carboxylic acids is 1. The van der Waals surface area contributed by atoms with Crippen molar-refractivity contribution in [3.63, 3.8) is 0 Å². The molecule has 116 valence electrons. The van der Waals surface area contributed by atoms with E-state index in [1.54, 1.807) is 32.9 Å². The van der Waals surface area contributed by atoms with Gasteiger partial charge in [0.15, 0.2) is 6.10 Å². The second-order valence-corrected chi connectivity index (χ2v) is 7.87. The maximum atomic E-state index is 11.8. The molecule has 0 spiro atoms. The molecule has 1 N–H and O–H groups in total. The summed E-state index contributed by atoms with van der Waals surface area (Å²) < 4.78 is 28.6. The maximum Gasteiger partial charge on any atom is 0.261 e. The van der Waals surface area contributed by atoms with Crippen molar-refractivity contribution in [3.8, 4) is 5.75 Å². The van der Waals surface area contributed by atoms with Crippen LogP contribution in [0.15, 0.2) is 17.0 Å². The van der Waals surface area contributed by atoms with Crippen molar-refractivity contribution in [2.75, 3.05) is 0 Å². The quantitative estimate of drug-likeness (QED) is 0.840. The van der Waals surface area contributed by atoms with E-state index in [4.69, 9.17) is 15.4 Å². The second-order valence-electron chi connectivity index (χ2n) is 5.37. The average Bonchev–Trinajstić information content (AvgIpc) is 3.09. The summed E-state index contributed by atoms with van der Waals surface area (Å²) in [5, 5.41) is 2.86. The normalized spacial score (nSPS) is 16.4. The molecule has 1 amide bonds. The van der Waals surface area contributed by atoms with Gasteiger partial charge in [0.2, 0.25) is 0 Å². The third kappa shape index (κ3) is 4.11. The van der Waals surface area contributed by atoms with Gasteiger partial charge >= 0.3 is 0 Å². The third-order valence-electron chi connectivity index (χ3n) is 3.28. The zero-order valence-corrected chi connectivity index (χ0v) is 13.7. The summed E-state index contributed by atoms with van der Waals surface area (Å²) in [4.78, 5) is 11.9. The van der Waals surface area contributed by atoms with E-state index in [0.29, 0.717) is 16.9 Å². The number of amides is 1. The van der Waals surface area contributed by atoms with E-state index in [2.05, 4.69) is 5.32 Å². The molecule has 0 aromatic heterocycles. The average molecular weight is 332 g/mol. The summed E-state index contributed by atoms with van der Waals surface area (Å²) in [5.74, 6) is 0.286. The Bertz CT molecular complexity index is 645. The Hall–Kier alpha value is -1.27. The van der Waals surface area contributed by atoms with Crippen LogP contribution in [0.5, 0.6) is 5.75 Å². The van der Waals surface area contributed by atoms with Gasteiger partial charge in [0, 0.05) is 16.7 Å². The van der Waals surface area contributed by atoms with Gasteiger partial charge in [0.25, 0.3) is 15.0 Å². The largest absolute Gasteiger partial charge is 0.481 e. The minimum absolute atomic E-state index is 0.0894. The molecule has 0 heterocycles. The van der Waals surface area contributed by atoms with Gasteiger partial charge in [-0.1, -0.05) is 0 Å². The second kappa shape index (κ2) is 5.85. The summed E-state index contributed by atoms with van der Waals surface area (Å²) in [6.45, 7) is 4.95. The Morgan fingerprint density at radius 2 is 1.86 bits per heavy atom. The van der Waals surface area contributed by atoms with Crippen molar-refractivity contribution in [2.45, 2.75) is 50.7 Å². The minimum atomic E-state index is -3.80. The Morgan fingerprint density at radius 3 is 2.29 bits per heavy atom. The SMILES string of the molecule is Cc1cc(OC(C)C(=O)NC2CC2)cc(C)c1S(=O)(=O)Cl. The van der Waals surface area contributed by atoms with E-state index in [9.17, 15) is 13.2 Å². The van der Waals surface area contributed by atoms with Crippen molar-refractivity contribution in [1.29, 1.82) is 0 Å². The van der Waals surface area contributed by atoms with E-state index in [-0.39, 0.29) is 16.8 Å². The number of carbonyl (C=O) groups is 1. The minimum Gasteiger partial charge on any atom is -0.481 e. The van der Waals surface area contributed by atoms with Crippen LogP contribution in [0, 0.1) is 13.8 Å². The molecule has 0 radical (unpaired) electrons. The van der Waals surface area contributed by atoms with E-state index in [1.165, 1.54) is 0 Å². The molecule has 0 aliphatic heterocycles. The van der Waals surface area contributed by atoms with Crippen molar-refractivity contribution in [1.82, 2.24) is 5.32 Å². The lowest BCUT2D eigenvalue weighted by atomic mass is 10.1. The van der Waals surface area contributed by atoms with Gasteiger partial charge in [-0.3, -0.25) is 4.79 Å². The van der Waals surface area contributed by atoms with Crippen LogP contribution in [-0.2, 0) is 13.8 Å². The summed E-state index contributed by atoms with van der Waals surface area (Å²) in [6, 6.07) is 3.42. The number of ether oxygens (including phenoxy) is 1. The van der Waals surface area contributed by atoms with Gasteiger partial charge in [-0.2, -0.15) is 0 Å². The molecule has 1 aromatic carbocycles. The van der Waals surface area contributed by atoms with Gasteiger partial charge in [-0.15, -0.1) is 0 Å². The monoisotopic (exact) mass is 331 g/mol. The molecule has 5 nitrogen and oxygen atoms in total. The number of nitrogens with one attached hydrogen (secondary N) is 1. The van der Waals surface area contributed by atoms with Gasteiger partial charge in [-0.05, 0) is 56.9 Å². The molecule has 1 aromatic rings. The molecule has 1 atom stereocenters. The highest BCUT2D eigenvalue weighted by Gasteiger charge is 2.26. The highest BCUT2D eigenvalue weighted by molar-refractivity contribution is 8.13. The summed E-state index contributed by atoms with van der Waals surface area (Å²) >= 11 is 0. The zero-order valence-electron chi connectivity index (χ0n) is 12.1. The molecule has 1 aliphatic carbocycles. The van der Waals surface area contributed by atoms with Crippen LogP contribution in [0.3, 0.4) is 0 Å². The molecular weight excluding hydrogens is 314 g/mol. The molecule has 7 heteroatoms. The first-order valence-electron chi connectivity index (χ1n) is 6.71. The Kier molecular flexibility index (Phi) is 4.49. The highest BCUT2D eigenvalue weighted by atomic mass is 35.7. The van der Waals surface area contributed by atoms with E-state index < -0.39 is 15.2 Å². The highest BCUT2D eigenvalue weighted by Crippen LogP contribution is 2.28. The van der Waals surface area contributed by atoms with E-state index in [0.717, 1.165) is 12.8 Å². The summed E-state index contributed by atoms with van der Waals surface area (Å²) in [7, 11) is 1.61. The molecule has 0 saturated heterocycles. The first-order chi connectivity index (χ1) is 9.68. The predicted octanol–water partition coefficient (Wildman–Crippen LogP) is 2.28. The molecule has 0 bridgehead atoms. The van der Waals surface area contributed by atoms with Crippen LogP contribution in [-0.4, -0.2) is 26.5 Å². The van der Waals surface area contributed by atoms with Crippen LogP contribution in [0.2, 0.25) is 0 Å². The smallest absolute Gasteiger partial charge is 0.261 e. The van der Waals surface area contributed by atoms with Crippen molar-refractivity contribution in [3.05, 3.63) is 23.3 Å². The first kappa shape index (κ1) is 16.1. The number of hydrogen-bond donors (Lipinski definition) is 1. The maximum absolute atomic E-state index is 11.8. The van der Waals surface area contributed by atoms with E-state index in [1.807, 2.05) is 0 Å². The number of aryl methyl sites for hydroxylation is 2. The van der Waals surface area contributed by atoms with Gasteiger partial charge in [0.1, 0.15) is 5.75 Å². The van der Waals surface area contributed by atoms with Gasteiger partial charge in [-0.25, -0.2) is 8.42 Å². The lowest BCUT2D eigenvalue weighted by molar-refractivity contribution is -0.127. The molecule has 1 saturated carbocycles. The fourth-order valence-electron chi connectivity index (χ4n) is 2.17. The number of hydrogen-bond acceptors (Lipinski definition) is 4. The molecule has 1 unspecified atom stereocenters. The predicted molar refractivity (Wildman–Crippen MR) is 80.2 cm³/mol. The third-order valence-corrected chi connectivity index (χ3v) is 4.88. The Labute approximate surface area is 129 Å². The van der Waals surface area contributed by atoms with Gasteiger partial charge in [0.05, 0.1) is 4.90 Å². The molecule has 1 aliphatic rings. The van der Waals surface area contributed by atoms with Crippen LogP contribution in [0.4, 0.5) is 0 Å². The van der Waals surface area contributed by atoms with Crippen LogP contribution in [0.25, 0.3) is 0 Å².